The van der Waals surface area contributed by atoms with Gasteiger partial charge in [0.05, 0.1) is 30.6 Å². The van der Waals surface area contributed by atoms with Gasteiger partial charge in [-0.05, 0) is 38.1 Å². The lowest BCUT2D eigenvalue weighted by molar-refractivity contribution is -0.130. The third kappa shape index (κ3) is 6.58. The third-order valence-corrected chi connectivity index (χ3v) is 3.62. The number of aromatic nitrogens is 2. The number of carbonyl (C=O) groups excluding carboxylic acids is 1. The quantitative estimate of drug-likeness (QED) is 0.145. The number of para-hydroxylation sites is 2. The Kier molecular flexibility index (Phi) is 8.56. The highest BCUT2D eigenvalue weighted by atomic mass is 16.6. The summed E-state index contributed by atoms with van der Waals surface area (Å²) < 4.78 is 21.6. The first-order chi connectivity index (χ1) is 15.0. The number of carbonyl (C=O) groups is 1. The monoisotopic (exact) mass is 419 g/mol. The molecule has 0 N–H and O–H groups in total. The zero-order chi connectivity index (χ0) is 22.6. The van der Waals surface area contributed by atoms with Crippen LogP contribution < -0.4 is 14.2 Å². The standard InChI is InChI=1S/C23H21N3O5/c1-5-9-17(13-24)18(6-2)29-21-12-22(26-15-25-21)30-19-10-7-8-11-20(19)31-23(27)16(3)14-28-4/h5-12,14-15H,2H2,1,3-4H3. The predicted octanol–water partition coefficient (Wildman–Crippen LogP) is 4.64. The minimum atomic E-state index is -0.585. The first-order valence-corrected chi connectivity index (χ1v) is 9.10. The lowest BCUT2D eigenvalue weighted by atomic mass is 10.2. The van der Waals surface area contributed by atoms with E-state index in [0.29, 0.717) is 0 Å². The van der Waals surface area contributed by atoms with Gasteiger partial charge in [0.25, 0.3) is 0 Å². The van der Waals surface area contributed by atoms with Crippen LogP contribution in [0.1, 0.15) is 13.8 Å². The molecule has 1 aromatic heterocycles. The number of nitrogens with zero attached hydrogens (tertiary/aromatic N) is 3. The summed E-state index contributed by atoms with van der Waals surface area (Å²) in [6.45, 7) is 7.01. The molecule has 0 saturated heterocycles. The summed E-state index contributed by atoms with van der Waals surface area (Å²) in [5, 5.41) is 9.26. The summed E-state index contributed by atoms with van der Waals surface area (Å²) >= 11 is 0. The Hall–Kier alpha value is -4.38. The molecule has 0 atom stereocenters. The van der Waals surface area contributed by atoms with Gasteiger partial charge in [-0.1, -0.05) is 24.8 Å². The molecular weight excluding hydrogens is 398 g/mol. The average molecular weight is 419 g/mol. The maximum Gasteiger partial charge on any atom is 0.342 e. The lowest BCUT2D eigenvalue weighted by Gasteiger charge is -2.11. The van der Waals surface area contributed by atoms with E-state index in [2.05, 4.69) is 16.5 Å². The Morgan fingerprint density at radius 3 is 2.52 bits per heavy atom. The van der Waals surface area contributed by atoms with Crippen molar-refractivity contribution in [2.75, 3.05) is 7.11 Å². The van der Waals surface area contributed by atoms with E-state index in [9.17, 15) is 10.1 Å². The molecule has 0 aliphatic carbocycles. The normalized spacial score (nSPS) is 11.9. The highest BCUT2D eigenvalue weighted by molar-refractivity contribution is 5.89. The summed E-state index contributed by atoms with van der Waals surface area (Å²) in [4.78, 5) is 20.2. The second-order valence-electron chi connectivity index (χ2n) is 5.87. The minimum absolute atomic E-state index is 0.144. The summed E-state index contributed by atoms with van der Waals surface area (Å²) in [5.74, 6) is 0.398. The molecular formula is C23H21N3O5. The Bertz CT molecular complexity index is 1080. The number of rotatable bonds is 9. The van der Waals surface area contributed by atoms with Crippen molar-refractivity contribution in [1.82, 2.24) is 9.97 Å². The minimum Gasteiger partial charge on any atom is -0.504 e. The van der Waals surface area contributed by atoms with Crippen LogP contribution in [0, 0.1) is 11.3 Å². The SMILES string of the molecule is C=CC(Oc1cc(Oc2ccccc2OC(=O)C(C)=COC)ncn1)=C(C#N)C=CC. The van der Waals surface area contributed by atoms with Gasteiger partial charge in [0.15, 0.2) is 11.5 Å². The van der Waals surface area contributed by atoms with Crippen molar-refractivity contribution in [1.29, 1.82) is 5.26 Å². The third-order valence-electron chi connectivity index (χ3n) is 3.62. The molecule has 1 aromatic carbocycles. The Morgan fingerprint density at radius 1 is 1.16 bits per heavy atom. The van der Waals surface area contributed by atoms with Crippen LogP contribution >= 0.6 is 0 Å². The van der Waals surface area contributed by atoms with Crippen LogP contribution in [-0.2, 0) is 9.53 Å². The summed E-state index contributed by atoms with van der Waals surface area (Å²) in [6, 6.07) is 10.1. The van der Waals surface area contributed by atoms with Crippen molar-refractivity contribution in [2.24, 2.45) is 0 Å². The summed E-state index contributed by atoms with van der Waals surface area (Å²) in [6.07, 6.45) is 7.24. The van der Waals surface area contributed by atoms with Crippen LogP contribution in [0.2, 0.25) is 0 Å². The molecule has 0 aliphatic heterocycles. The largest absolute Gasteiger partial charge is 0.504 e. The molecule has 31 heavy (non-hydrogen) atoms. The van der Waals surface area contributed by atoms with Gasteiger partial charge >= 0.3 is 5.97 Å². The maximum absolute atomic E-state index is 12.1. The number of esters is 1. The number of hydrogen-bond acceptors (Lipinski definition) is 8. The summed E-state index contributed by atoms with van der Waals surface area (Å²) in [5.41, 5.74) is 0.573. The fraction of sp³-hybridized carbons (Fsp3) is 0.130. The topological polar surface area (TPSA) is 104 Å². The van der Waals surface area contributed by atoms with Gasteiger partial charge in [-0.2, -0.15) is 5.26 Å². The zero-order valence-electron chi connectivity index (χ0n) is 17.4. The maximum atomic E-state index is 12.1. The van der Waals surface area contributed by atoms with E-state index in [-0.39, 0.29) is 40.2 Å². The van der Waals surface area contributed by atoms with Gasteiger partial charge in [-0.25, -0.2) is 14.8 Å². The molecule has 0 radical (unpaired) electrons. The van der Waals surface area contributed by atoms with E-state index >= 15 is 0 Å². The van der Waals surface area contributed by atoms with E-state index in [1.54, 1.807) is 50.3 Å². The van der Waals surface area contributed by atoms with E-state index < -0.39 is 5.97 Å². The van der Waals surface area contributed by atoms with Gasteiger partial charge in [-0.15, -0.1) is 0 Å². The van der Waals surface area contributed by atoms with Crippen LogP contribution in [0.25, 0.3) is 0 Å². The van der Waals surface area contributed by atoms with Gasteiger partial charge in [0.2, 0.25) is 11.8 Å². The zero-order valence-corrected chi connectivity index (χ0v) is 17.4. The summed E-state index contributed by atoms with van der Waals surface area (Å²) in [7, 11) is 1.44. The van der Waals surface area contributed by atoms with Crippen LogP contribution in [0.4, 0.5) is 0 Å². The van der Waals surface area contributed by atoms with Gasteiger partial charge in [0, 0.05) is 0 Å². The smallest absolute Gasteiger partial charge is 0.342 e. The highest BCUT2D eigenvalue weighted by Gasteiger charge is 2.14. The molecule has 1 heterocycles. The molecule has 8 nitrogen and oxygen atoms in total. The second-order valence-corrected chi connectivity index (χ2v) is 5.87. The van der Waals surface area contributed by atoms with E-state index in [0.717, 1.165) is 0 Å². The Labute approximate surface area is 180 Å². The van der Waals surface area contributed by atoms with Gasteiger partial charge in [0.1, 0.15) is 18.2 Å². The number of allylic oxidation sites excluding steroid dienone is 4. The molecule has 0 aliphatic rings. The average Bonchev–Trinajstić information content (AvgIpc) is 2.77. The predicted molar refractivity (Wildman–Crippen MR) is 113 cm³/mol. The van der Waals surface area contributed by atoms with Crippen molar-refractivity contribution in [3.8, 4) is 29.3 Å². The molecule has 2 rings (SSSR count). The first kappa shape index (κ1) is 22.9. The number of ether oxygens (including phenoxy) is 4. The van der Waals surface area contributed by atoms with Crippen molar-refractivity contribution in [2.45, 2.75) is 13.8 Å². The molecule has 158 valence electrons. The molecule has 0 saturated carbocycles. The van der Waals surface area contributed by atoms with Crippen LogP contribution in [0.5, 0.6) is 23.3 Å². The number of benzene rings is 1. The number of hydrogen-bond donors (Lipinski definition) is 0. The molecule has 0 spiro atoms. The van der Waals surface area contributed by atoms with E-state index in [1.165, 1.54) is 31.8 Å². The van der Waals surface area contributed by atoms with Crippen molar-refractivity contribution >= 4 is 5.97 Å². The fourth-order valence-electron chi connectivity index (χ4n) is 2.23. The molecule has 8 heteroatoms. The van der Waals surface area contributed by atoms with Crippen LogP contribution in [0.15, 0.2) is 84.6 Å². The van der Waals surface area contributed by atoms with Crippen LogP contribution in [0.3, 0.4) is 0 Å². The van der Waals surface area contributed by atoms with E-state index in [1.807, 2.05) is 6.07 Å². The Balaban J connectivity index is 2.26. The Morgan fingerprint density at radius 2 is 1.87 bits per heavy atom. The van der Waals surface area contributed by atoms with Crippen molar-refractivity contribution in [3.63, 3.8) is 0 Å². The molecule has 0 unspecified atom stereocenters. The van der Waals surface area contributed by atoms with E-state index in [4.69, 9.17) is 18.9 Å². The number of nitriles is 1. The number of methoxy groups -OCH3 is 1. The molecule has 0 fully saturated rings. The van der Waals surface area contributed by atoms with Crippen molar-refractivity contribution in [3.05, 3.63) is 84.6 Å². The van der Waals surface area contributed by atoms with Gasteiger partial charge in [-0.3, -0.25) is 0 Å². The molecule has 0 bridgehead atoms. The van der Waals surface area contributed by atoms with Crippen molar-refractivity contribution < 1.29 is 23.7 Å². The van der Waals surface area contributed by atoms with Gasteiger partial charge < -0.3 is 18.9 Å². The fourth-order valence-corrected chi connectivity index (χ4v) is 2.23. The van der Waals surface area contributed by atoms with Crippen LogP contribution in [-0.4, -0.2) is 23.0 Å². The first-order valence-electron chi connectivity index (χ1n) is 9.10. The lowest BCUT2D eigenvalue weighted by Crippen LogP contribution is -2.10. The molecule has 2 aromatic rings. The highest BCUT2D eigenvalue weighted by Crippen LogP contribution is 2.32. The molecule has 0 amide bonds. The second kappa shape index (κ2) is 11.6.